The molecule has 3 rings (SSSR count). The van der Waals surface area contributed by atoms with E-state index in [2.05, 4.69) is 16.0 Å². The fourth-order valence-electron chi connectivity index (χ4n) is 4.26. The minimum Gasteiger partial charge on any atom is -0.481 e. The molecule has 10 nitrogen and oxygen atoms in total. The predicted molar refractivity (Wildman–Crippen MR) is 162 cm³/mol. The van der Waals surface area contributed by atoms with Crippen molar-refractivity contribution in [3.05, 3.63) is 90.0 Å². The van der Waals surface area contributed by atoms with Crippen LogP contribution in [0.15, 0.2) is 78.9 Å². The summed E-state index contributed by atoms with van der Waals surface area (Å²) in [4.78, 5) is 62.3. The number of carbonyl (C=O) groups excluding carboxylic acids is 3. The van der Waals surface area contributed by atoms with Crippen molar-refractivity contribution >= 4 is 58.3 Å². The molecule has 0 fully saturated rings. The van der Waals surface area contributed by atoms with Crippen LogP contribution in [0.25, 0.3) is 16.8 Å². The molecule has 0 aliphatic carbocycles. The van der Waals surface area contributed by atoms with Gasteiger partial charge in [0.05, 0.1) is 6.42 Å². The number of thioether (sulfide) groups is 1. The summed E-state index contributed by atoms with van der Waals surface area (Å²) < 4.78 is 0. The zero-order chi connectivity index (χ0) is 30.5. The Hall–Kier alpha value is -4.64. The van der Waals surface area contributed by atoms with Gasteiger partial charge >= 0.3 is 11.9 Å². The molecule has 3 amide bonds. The molecule has 0 bridgehead atoms. The van der Waals surface area contributed by atoms with Gasteiger partial charge in [-0.3, -0.25) is 19.2 Å². The Kier molecular flexibility index (Phi) is 12.1. The summed E-state index contributed by atoms with van der Waals surface area (Å²) in [5, 5.41) is 28.3. The summed E-state index contributed by atoms with van der Waals surface area (Å²) in [6, 6.07) is 18.0. The first-order chi connectivity index (χ1) is 20.2. The number of aliphatic carboxylic acids is 2. The highest BCUT2D eigenvalue weighted by Gasteiger charge is 2.31. The fourth-order valence-corrected chi connectivity index (χ4v) is 4.74. The standard InChI is InChI=1S/C31H33N3O7S/c1-42-17-16-24(32-27(35)15-14-22-12-7-11-21-10-5-6-13-23(21)22)29(38)33-25(19-28(36)37)30(39)34-26(31(40)41)18-20-8-3-2-4-9-20/h2-15,24-26H,16-19H2,1H3,(H,32,35)(H,33,38)(H,34,39)(H,36,37)(H,40,41)/t24-,25-,26-/m0/s1. The van der Waals surface area contributed by atoms with Crippen molar-refractivity contribution in [2.45, 2.75) is 37.4 Å². The van der Waals surface area contributed by atoms with E-state index in [9.17, 15) is 34.2 Å². The van der Waals surface area contributed by atoms with Gasteiger partial charge in [0, 0.05) is 12.5 Å². The van der Waals surface area contributed by atoms with Crippen LogP contribution in [-0.2, 0) is 30.4 Å². The van der Waals surface area contributed by atoms with Crippen LogP contribution in [0.3, 0.4) is 0 Å². The second-order valence-electron chi connectivity index (χ2n) is 9.49. The lowest BCUT2D eigenvalue weighted by atomic mass is 10.0. The number of fused-ring (bicyclic) bond motifs is 1. The Balaban J connectivity index is 1.71. The van der Waals surface area contributed by atoms with Crippen molar-refractivity contribution in [2.75, 3.05) is 12.0 Å². The van der Waals surface area contributed by atoms with Crippen LogP contribution in [-0.4, -0.2) is 70.0 Å². The summed E-state index contributed by atoms with van der Waals surface area (Å²) >= 11 is 1.45. The second-order valence-corrected chi connectivity index (χ2v) is 10.5. The third-order valence-electron chi connectivity index (χ3n) is 6.39. The first kappa shape index (κ1) is 31.9. The van der Waals surface area contributed by atoms with Gasteiger partial charge in [0.1, 0.15) is 18.1 Å². The van der Waals surface area contributed by atoms with Gasteiger partial charge in [0.15, 0.2) is 0 Å². The van der Waals surface area contributed by atoms with Gasteiger partial charge in [0.25, 0.3) is 0 Å². The highest BCUT2D eigenvalue weighted by molar-refractivity contribution is 7.98. The van der Waals surface area contributed by atoms with Gasteiger partial charge in [-0.1, -0.05) is 72.8 Å². The van der Waals surface area contributed by atoms with E-state index in [1.165, 1.54) is 17.8 Å². The SMILES string of the molecule is CSCC[C@H](NC(=O)C=Cc1cccc2ccccc12)C(=O)N[C@@H](CC(=O)O)C(=O)N[C@@H](Cc1ccccc1)C(=O)O. The molecule has 11 heteroatoms. The normalized spacial score (nSPS) is 13.2. The number of carboxylic acids is 2. The number of nitrogens with one attached hydrogen (secondary N) is 3. The number of amides is 3. The van der Waals surface area contributed by atoms with E-state index >= 15 is 0 Å². The molecule has 3 aromatic rings. The average Bonchev–Trinajstić information content (AvgIpc) is 2.97. The number of benzene rings is 3. The highest BCUT2D eigenvalue weighted by Crippen LogP contribution is 2.19. The van der Waals surface area contributed by atoms with E-state index in [0.29, 0.717) is 11.3 Å². The van der Waals surface area contributed by atoms with Crippen molar-refractivity contribution in [3.63, 3.8) is 0 Å². The van der Waals surface area contributed by atoms with E-state index in [1.807, 2.05) is 48.7 Å². The Labute approximate surface area is 247 Å². The molecule has 42 heavy (non-hydrogen) atoms. The van der Waals surface area contributed by atoms with Gasteiger partial charge in [-0.05, 0) is 46.4 Å². The van der Waals surface area contributed by atoms with Crippen LogP contribution in [0.5, 0.6) is 0 Å². The monoisotopic (exact) mass is 591 g/mol. The Morgan fingerprint density at radius 1 is 0.786 bits per heavy atom. The Morgan fingerprint density at radius 3 is 2.12 bits per heavy atom. The van der Waals surface area contributed by atoms with Crippen LogP contribution < -0.4 is 16.0 Å². The van der Waals surface area contributed by atoms with Crippen molar-refractivity contribution < 1.29 is 34.2 Å². The number of carbonyl (C=O) groups is 5. The maximum Gasteiger partial charge on any atom is 0.326 e. The Bertz CT molecular complexity index is 1440. The maximum atomic E-state index is 13.2. The first-order valence-electron chi connectivity index (χ1n) is 13.2. The topological polar surface area (TPSA) is 162 Å². The molecule has 220 valence electrons. The Morgan fingerprint density at radius 2 is 1.43 bits per heavy atom. The minimum absolute atomic E-state index is 0.0366. The maximum absolute atomic E-state index is 13.2. The van der Waals surface area contributed by atoms with E-state index in [1.54, 1.807) is 36.4 Å². The van der Waals surface area contributed by atoms with Crippen LogP contribution in [0.1, 0.15) is 24.0 Å². The highest BCUT2D eigenvalue weighted by atomic mass is 32.2. The quantitative estimate of drug-likeness (QED) is 0.169. The number of carboxylic acid groups (broad SMARTS) is 2. The van der Waals surface area contributed by atoms with Crippen molar-refractivity contribution in [3.8, 4) is 0 Å². The third kappa shape index (κ3) is 9.77. The lowest BCUT2D eigenvalue weighted by molar-refractivity contribution is -0.143. The van der Waals surface area contributed by atoms with E-state index in [-0.39, 0.29) is 12.8 Å². The molecular formula is C31H33N3O7S. The molecule has 0 radical (unpaired) electrons. The molecule has 0 heterocycles. The van der Waals surface area contributed by atoms with Gasteiger partial charge in [-0.15, -0.1) is 0 Å². The van der Waals surface area contributed by atoms with Crippen LogP contribution in [0, 0.1) is 0 Å². The van der Waals surface area contributed by atoms with Gasteiger partial charge in [0.2, 0.25) is 17.7 Å². The molecule has 0 aliphatic rings. The molecular weight excluding hydrogens is 558 g/mol. The van der Waals surface area contributed by atoms with E-state index in [4.69, 9.17) is 0 Å². The molecule has 0 spiro atoms. The summed E-state index contributed by atoms with van der Waals surface area (Å²) in [7, 11) is 0. The lowest BCUT2D eigenvalue weighted by Gasteiger charge is -2.23. The molecule has 0 saturated carbocycles. The van der Waals surface area contributed by atoms with Crippen LogP contribution in [0.2, 0.25) is 0 Å². The average molecular weight is 592 g/mol. The second kappa shape index (κ2) is 16.0. The molecule has 5 N–H and O–H groups in total. The smallest absolute Gasteiger partial charge is 0.326 e. The zero-order valence-corrected chi connectivity index (χ0v) is 23.8. The van der Waals surface area contributed by atoms with Gasteiger partial charge in [-0.25, -0.2) is 4.79 Å². The number of rotatable bonds is 15. The van der Waals surface area contributed by atoms with E-state index < -0.39 is 54.2 Å². The van der Waals surface area contributed by atoms with Crippen molar-refractivity contribution in [1.82, 2.24) is 16.0 Å². The summed E-state index contributed by atoms with van der Waals surface area (Å²) in [5.41, 5.74) is 1.47. The summed E-state index contributed by atoms with van der Waals surface area (Å²) in [5.74, 6) is -4.44. The molecule has 3 atom stereocenters. The van der Waals surface area contributed by atoms with Gasteiger partial charge in [-0.2, -0.15) is 11.8 Å². The fraction of sp³-hybridized carbons (Fsp3) is 0.258. The van der Waals surface area contributed by atoms with Gasteiger partial charge < -0.3 is 26.2 Å². The number of hydrogen-bond donors (Lipinski definition) is 5. The lowest BCUT2D eigenvalue weighted by Crippen LogP contribution is -2.56. The van der Waals surface area contributed by atoms with Crippen LogP contribution >= 0.6 is 11.8 Å². The third-order valence-corrected chi connectivity index (χ3v) is 7.03. The predicted octanol–water partition coefficient (Wildman–Crippen LogP) is 2.86. The zero-order valence-electron chi connectivity index (χ0n) is 23.0. The molecule has 3 aromatic carbocycles. The largest absolute Gasteiger partial charge is 0.481 e. The van der Waals surface area contributed by atoms with E-state index in [0.717, 1.165) is 16.3 Å². The summed E-state index contributed by atoms with van der Waals surface area (Å²) in [6.07, 6.45) is 4.18. The summed E-state index contributed by atoms with van der Waals surface area (Å²) in [6.45, 7) is 0. The minimum atomic E-state index is -1.56. The molecule has 0 aliphatic heterocycles. The van der Waals surface area contributed by atoms with Crippen LogP contribution in [0.4, 0.5) is 0 Å². The van der Waals surface area contributed by atoms with Crippen molar-refractivity contribution in [1.29, 1.82) is 0 Å². The number of hydrogen-bond acceptors (Lipinski definition) is 6. The first-order valence-corrected chi connectivity index (χ1v) is 14.6. The van der Waals surface area contributed by atoms with Crippen molar-refractivity contribution in [2.24, 2.45) is 0 Å². The molecule has 0 saturated heterocycles. The molecule has 0 aromatic heterocycles. The molecule has 0 unspecified atom stereocenters.